The standard InChI is InChI=1S/C24H23ClN5O2/c1-27-22(30-21-14-28-13-20(25)29-21)19(12-26)17-4-2-15(3-5-17)16-6-8-18(9-7-16)24(10-11-24)23(31)32/h2-9,13-14,26-27H,10-12H2,1H3,(H,29,30)(H,31,32)/q-1/b22-19-. The summed E-state index contributed by atoms with van der Waals surface area (Å²) in [6.45, 7) is 0.0580. The second-order valence-electron chi connectivity index (χ2n) is 7.67. The van der Waals surface area contributed by atoms with Crippen LogP contribution in [0.25, 0.3) is 22.4 Å². The fourth-order valence-electron chi connectivity index (χ4n) is 3.75. The van der Waals surface area contributed by atoms with E-state index in [-0.39, 0.29) is 11.7 Å². The summed E-state index contributed by atoms with van der Waals surface area (Å²) in [5.41, 5.74) is 11.9. The number of hydrogen-bond donors (Lipinski definition) is 3. The average Bonchev–Trinajstić information content (AvgIpc) is 3.62. The Morgan fingerprint density at radius 2 is 1.72 bits per heavy atom. The Morgan fingerprint density at radius 3 is 2.22 bits per heavy atom. The second-order valence-corrected chi connectivity index (χ2v) is 8.06. The molecule has 164 valence electrons. The predicted molar refractivity (Wildman–Crippen MR) is 126 cm³/mol. The van der Waals surface area contributed by atoms with Crippen LogP contribution in [0, 0.1) is 0 Å². The molecule has 32 heavy (non-hydrogen) atoms. The van der Waals surface area contributed by atoms with Crippen LogP contribution in [0.5, 0.6) is 0 Å². The summed E-state index contributed by atoms with van der Waals surface area (Å²) < 4.78 is 0. The quantitative estimate of drug-likeness (QED) is 0.448. The fourth-order valence-corrected chi connectivity index (χ4v) is 3.90. The van der Waals surface area contributed by atoms with Gasteiger partial charge in [-0.1, -0.05) is 60.1 Å². The van der Waals surface area contributed by atoms with Crippen LogP contribution in [-0.2, 0) is 10.2 Å². The van der Waals surface area contributed by atoms with Crippen molar-refractivity contribution in [3.05, 3.63) is 88.8 Å². The summed E-state index contributed by atoms with van der Waals surface area (Å²) in [5, 5.41) is 16.0. The number of carbonyl (C=O) groups is 1. The van der Waals surface area contributed by atoms with Crippen molar-refractivity contribution in [1.29, 1.82) is 0 Å². The van der Waals surface area contributed by atoms with Gasteiger partial charge < -0.3 is 21.5 Å². The van der Waals surface area contributed by atoms with Gasteiger partial charge in [-0.3, -0.25) is 9.78 Å². The van der Waals surface area contributed by atoms with Gasteiger partial charge >= 0.3 is 5.97 Å². The molecule has 0 bridgehead atoms. The molecule has 0 unspecified atom stereocenters. The van der Waals surface area contributed by atoms with E-state index >= 15 is 0 Å². The van der Waals surface area contributed by atoms with Crippen LogP contribution in [-0.4, -0.2) is 34.6 Å². The van der Waals surface area contributed by atoms with Crippen molar-refractivity contribution >= 4 is 29.0 Å². The molecule has 7 nitrogen and oxygen atoms in total. The first-order valence-corrected chi connectivity index (χ1v) is 10.6. The van der Waals surface area contributed by atoms with Gasteiger partial charge in [0.2, 0.25) is 0 Å². The molecular weight excluding hydrogens is 426 g/mol. The molecular formula is C24H23ClN5O2-. The lowest BCUT2D eigenvalue weighted by atomic mass is 9.93. The Bertz CT molecular complexity index is 1160. The summed E-state index contributed by atoms with van der Waals surface area (Å²) >= 11 is 5.91. The van der Waals surface area contributed by atoms with Gasteiger partial charge in [-0.05, 0) is 40.7 Å². The van der Waals surface area contributed by atoms with Crippen LogP contribution in [0.4, 0.5) is 5.82 Å². The first-order chi connectivity index (χ1) is 15.5. The number of halogens is 1. The maximum absolute atomic E-state index is 11.5. The molecule has 2 aromatic carbocycles. The predicted octanol–water partition coefficient (Wildman–Crippen LogP) is 4.97. The van der Waals surface area contributed by atoms with Crippen molar-refractivity contribution in [2.45, 2.75) is 18.3 Å². The molecule has 0 spiro atoms. The maximum atomic E-state index is 11.5. The zero-order valence-corrected chi connectivity index (χ0v) is 18.3. The highest BCUT2D eigenvalue weighted by Gasteiger charge is 2.51. The van der Waals surface area contributed by atoms with Crippen LogP contribution >= 0.6 is 11.6 Å². The van der Waals surface area contributed by atoms with Crippen molar-refractivity contribution in [1.82, 2.24) is 15.3 Å². The van der Waals surface area contributed by atoms with E-state index in [0.717, 1.165) is 27.8 Å². The highest BCUT2D eigenvalue weighted by molar-refractivity contribution is 6.29. The number of anilines is 1. The monoisotopic (exact) mass is 448 g/mol. The van der Waals surface area contributed by atoms with Crippen LogP contribution in [0.3, 0.4) is 0 Å². The lowest BCUT2D eigenvalue weighted by molar-refractivity contribution is -0.140. The fraction of sp³-hybridized carbons (Fsp3) is 0.208. The van der Waals surface area contributed by atoms with Crippen LogP contribution in [0.1, 0.15) is 24.0 Å². The summed E-state index contributed by atoms with van der Waals surface area (Å²) in [6, 6.07) is 15.7. The van der Waals surface area contributed by atoms with Crippen molar-refractivity contribution in [3.63, 3.8) is 0 Å². The summed E-state index contributed by atoms with van der Waals surface area (Å²) in [4.78, 5) is 19.7. The molecule has 0 atom stereocenters. The topological polar surface area (TPSA) is 111 Å². The van der Waals surface area contributed by atoms with Gasteiger partial charge in [0.1, 0.15) is 11.0 Å². The van der Waals surface area contributed by atoms with Gasteiger partial charge in [-0.2, -0.15) is 0 Å². The molecule has 1 saturated carbocycles. The maximum Gasteiger partial charge on any atom is 0.314 e. The number of aliphatic carboxylic acids is 1. The molecule has 4 rings (SSSR count). The smallest absolute Gasteiger partial charge is 0.314 e. The Morgan fingerprint density at radius 1 is 1.09 bits per heavy atom. The van der Waals surface area contributed by atoms with E-state index in [1.165, 1.54) is 6.20 Å². The molecule has 8 heteroatoms. The molecule has 1 fully saturated rings. The van der Waals surface area contributed by atoms with E-state index in [1.54, 1.807) is 13.2 Å². The number of carboxylic acid groups (broad SMARTS) is 1. The third-order valence-corrected chi connectivity index (χ3v) is 5.93. The van der Waals surface area contributed by atoms with E-state index in [1.807, 2.05) is 48.5 Å². The summed E-state index contributed by atoms with van der Waals surface area (Å²) in [7, 11) is 1.77. The van der Waals surface area contributed by atoms with Crippen LogP contribution in [0.15, 0.2) is 66.7 Å². The van der Waals surface area contributed by atoms with Crippen molar-refractivity contribution in [2.24, 2.45) is 0 Å². The molecule has 4 N–H and O–H groups in total. The highest BCUT2D eigenvalue weighted by atomic mass is 35.5. The number of carboxylic acids is 1. The first-order valence-electron chi connectivity index (χ1n) is 10.2. The first kappa shape index (κ1) is 21.8. The van der Waals surface area contributed by atoms with E-state index in [9.17, 15) is 9.90 Å². The highest BCUT2D eigenvalue weighted by Crippen LogP contribution is 2.48. The molecule has 1 aromatic heterocycles. The molecule has 0 amide bonds. The number of nitrogens with one attached hydrogen (secondary N) is 3. The summed E-state index contributed by atoms with van der Waals surface area (Å²) in [6.07, 6.45) is 4.41. The Balaban J connectivity index is 1.57. The van der Waals surface area contributed by atoms with Gasteiger partial charge in [0.15, 0.2) is 5.82 Å². The molecule has 0 aliphatic heterocycles. The summed E-state index contributed by atoms with van der Waals surface area (Å²) in [5.74, 6) is 0.387. The lowest BCUT2D eigenvalue weighted by Crippen LogP contribution is -2.19. The van der Waals surface area contributed by atoms with Gasteiger partial charge in [0, 0.05) is 7.05 Å². The van der Waals surface area contributed by atoms with Gasteiger partial charge in [-0.15, -0.1) is 6.54 Å². The van der Waals surface area contributed by atoms with E-state index in [0.29, 0.717) is 24.5 Å². The van der Waals surface area contributed by atoms with Crippen LogP contribution < -0.4 is 10.6 Å². The minimum absolute atomic E-state index is 0.0580. The van der Waals surface area contributed by atoms with Crippen molar-refractivity contribution in [3.8, 4) is 11.1 Å². The molecule has 1 aliphatic carbocycles. The second kappa shape index (κ2) is 8.98. The zero-order chi connectivity index (χ0) is 22.7. The minimum Gasteiger partial charge on any atom is -0.674 e. The van der Waals surface area contributed by atoms with E-state index < -0.39 is 11.4 Å². The SMILES string of the molecule is CN/C(Nc1cncc(Cl)n1)=C(\C[NH-])c1ccc(-c2ccc(C3(C(=O)O)CC3)cc2)cc1. The largest absolute Gasteiger partial charge is 0.674 e. The molecule has 0 saturated heterocycles. The number of nitrogens with zero attached hydrogens (tertiary/aromatic N) is 2. The number of aromatic nitrogens is 2. The van der Waals surface area contributed by atoms with Crippen LogP contribution in [0.2, 0.25) is 5.15 Å². The van der Waals surface area contributed by atoms with Gasteiger partial charge in [0.25, 0.3) is 0 Å². The van der Waals surface area contributed by atoms with Gasteiger partial charge in [-0.25, -0.2) is 4.98 Å². The van der Waals surface area contributed by atoms with Gasteiger partial charge in [0.05, 0.1) is 17.8 Å². The number of rotatable bonds is 8. The lowest BCUT2D eigenvalue weighted by Gasteiger charge is -2.19. The van der Waals surface area contributed by atoms with E-state index in [4.69, 9.17) is 17.3 Å². The minimum atomic E-state index is -0.748. The zero-order valence-electron chi connectivity index (χ0n) is 17.5. The third-order valence-electron chi connectivity index (χ3n) is 5.75. The molecule has 0 radical (unpaired) electrons. The Hall–Kier alpha value is -3.42. The number of benzene rings is 2. The van der Waals surface area contributed by atoms with Crippen molar-refractivity contribution in [2.75, 3.05) is 18.9 Å². The molecule has 1 aliphatic rings. The third kappa shape index (κ3) is 4.30. The van der Waals surface area contributed by atoms with Crippen molar-refractivity contribution < 1.29 is 9.90 Å². The molecule has 3 aromatic rings. The average molecular weight is 449 g/mol. The normalized spacial score (nSPS) is 15.0. The number of hydrogen-bond acceptors (Lipinski definition) is 5. The van der Waals surface area contributed by atoms with E-state index in [2.05, 4.69) is 20.6 Å². The Labute approximate surface area is 191 Å². The molecule has 1 heterocycles. The Kier molecular flexibility index (Phi) is 6.12.